The fourth-order valence-electron chi connectivity index (χ4n) is 6.71. The first kappa shape index (κ1) is 20.1. The molecule has 0 aliphatic heterocycles. The summed E-state index contributed by atoms with van der Waals surface area (Å²) in [6, 6.07) is 15.4. The van der Waals surface area contributed by atoms with E-state index in [9.17, 15) is 9.59 Å². The Kier molecular flexibility index (Phi) is 4.95. The average molecular weight is 443 g/mol. The highest BCUT2D eigenvalue weighted by Crippen LogP contribution is 2.66. The molecule has 0 spiro atoms. The molecule has 0 aromatic heterocycles. The number of rotatable bonds is 5. The highest BCUT2D eigenvalue weighted by molar-refractivity contribution is 6.36. The van der Waals surface area contributed by atoms with Crippen LogP contribution in [0.25, 0.3) is 0 Å². The van der Waals surface area contributed by atoms with Gasteiger partial charge in [-0.2, -0.15) is 0 Å². The van der Waals surface area contributed by atoms with Crippen LogP contribution in [0, 0.1) is 17.3 Å². The number of halogens is 2. The van der Waals surface area contributed by atoms with E-state index in [1.165, 1.54) is 18.1 Å². The highest BCUT2D eigenvalue weighted by Gasteiger charge is 2.61. The molecule has 4 saturated carbocycles. The van der Waals surface area contributed by atoms with Gasteiger partial charge in [0, 0.05) is 10.6 Å². The number of benzene rings is 2. The van der Waals surface area contributed by atoms with E-state index >= 15 is 0 Å². The molecule has 0 saturated heterocycles. The van der Waals surface area contributed by atoms with E-state index in [4.69, 9.17) is 27.9 Å². The Balaban J connectivity index is 1.35. The fourth-order valence-corrected chi connectivity index (χ4v) is 7.22. The van der Waals surface area contributed by atoms with Gasteiger partial charge in [0.1, 0.15) is 0 Å². The second-order valence-electron chi connectivity index (χ2n) is 9.51. The van der Waals surface area contributed by atoms with E-state index in [0.29, 0.717) is 22.4 Å². The normalized spacial score (nSPS) is 31.5. The van der Waals surface area contributed by atoms with Crippen LogP contribution in [-0.4, -0.2) is 18.4 Å². The van der Waals surface area contributed by atoms with Crippen LogP contribution in [0.3, 0.4) is 0 Å². The quantitative estimate of drug-likeness (QED) is 0.405. The molecule has 2 aromatic carbocycles. The lowest BCUT2D eigenvalue weighted by Gasteiger charge is -2.61. The zero-order valence-electron chi connectivity index (χ0n) is 16.7. The monoisotopic (exact) mass is 442 g/mol. The van der Waals surface area contributed by atoms with Crippen LogP contribution in [0.4, 0.5) is 0 Å². The number of hydrogen-bond acceptors (Lipinski definition) is 3. The molecule has 30 heavy (non-hydrogen) atoms. The third-order valence-electron chi connectivity index (χ3n) is 7.45. The van der Waals surface area contributed by atoms with Gasteiger partial charge in [0.2, 0.25) is 5.78 Å². The van der Waals surface area contributed by atoms with Crippen LogP contribution in [0.1, 0.15) is 54.4 Å². The van der Waals surface area contributed by atoms with E-state index in [1.807, 2.05) is 6.07 Å². The van der Waals surface area contributed by atoms with Gasteiger partial charge in [-0.05, 0) is 79.5 Å². The van der Waals surface area contributed by atoms with E-state index in [0.717, 1.165) is 32.1 Å². The molecule has 5 heteroatoms. The largest absolute Gasteiger partial charge is 0.457 e. The maximum atomic E-state index is 13.3. The summed E-state index contributed by atoms with van der Waals surface area (Å²) in [5.41, 5.74) is 1.28. The summed E-state index contributed by atoms with van der Waals surface area (Å²) in [4.78, 5) is 25.9. The minimum absolute atomic E-state index is 0.0634. The van der Waals surface area contributed by atoms with Crippen molar-refractivity contribution in [2.45, 2.75) is 43.9 Å². The predicted molar refractivity (Wildman–Crippen MR) is 117 cm³/mol. The number of hydrogen-bond donors (Lipinski definition) is 0. The van der Waals surface area contributed by atoms with Crippen molar-refractivity contribution in [2.75, 3.05) is 6.61 Å². The molecule has 6 rings (SSSR count). The second-order valence-corrected chi connectivity index (χ2v) is 10.4. The number of esters is 1. The van der Waals surface area contributed by atoms with Crippen LogP contribution < -0.4 is 0 Å². The number of ether oxygens (including phenoxy) is 1. The van der Waals surface area contributed by atoms with Crippen LogP contribution in [-0.2, 0) is 14.9 Å². The summed E-state index contributed by atoms with van der Waals surface area (Å²) >= 11 is 12.0. The zero-order chi connectivity index (χ0) is 20.9. The molecule has 4 aliphatic carbocycles. The van der Waals surface area contributed by atoms with Crippen LogP contribution >= 0.6 is 23.2 Å². The lowest BCUT2D eigenvalue weighted by Crippen LogP contribution is -2.57. The summed E-state index contributed by atoms with van der Waals surface area (Å²) in [5.74, 6) is 0.601. The summed E-state index contributed by atoms with van der Waals surface area (Å²) in [7, 11) is 0. The molecule has 3 nitrogen and oxygen atoms in total. The van der Waals surface area contributed by atoms with Crippen LogP contribution in [0.15, 0.2) is 48.5 Å². The summed E-state index contributed by atoms with van der Waals surface area (Å²) in [6.45, 7) is -0.282. The van der Waals surface area contributed by atoms with Gasteiger partial charge >= 0.3 is 5.97 Å². The molecule has 0 N–H and O–H groups in total. The second kappa shape index (κ2) is 7.39. The molecule has 4 aliphatic rings. The first-order valence-corrected chi connectivity index (χ1v) is 11.4. The topological polar surface area (TPSA) is 43.4 Å². The Morgan fingerprint density at radius 1 is 0.967 bits per heavy atom. The lowest BCUT2D eigenvalue weighted by molar-refractivity contribution is -0.172. The highest BCUT2D eigenvalue weighted by atomic mass is 35.5. The molecule has 156 valence electrons. The minimum atomic E-state index is -0.468. The number of carbonyl (C=O) groups is 2. The maximum absolute atomic E-state index is 13.3. The first-order valence-electron chi connectivity index (χ1n) is 10.6. The summed E-state index contributed by atoms with van der Waals surface area (Å²) < 4.78 is 5.63. The van der Waals surface area contributed by atoms with Gasteiger partial charge in [0.05, 0.1) is 10.4 Å². The maximum Gasteiger partial charge on any atom is 0.312 e. The number of ketones is 1. The van der Waals surface area contributed by atoms with E-state index in [2.05, 4.69) is 24.3 Å². The van der Waals surface area contributed by atoms with Crippen molar-refractivity contribution in [2.24, 2.45) is 17.3 Å². The standard InChI is InChI=1S/C25H24Cl2O3/c26-19-6-7-20(21(27)9-19)22(28)14-30-23(29)25-12-16-8-17(13-25)11-24(10-16,15-25)18-4-2-1-3-5-18/h1-7,9,16-17H,8,10-15H2. The molecule has 4 fully saturated rings. The van der Waals surface area contributed by atoms with Crippen molar-refractivity contribution in [3.05, 3.63) is 69.7 Å². The van der Waals surface area contributed by atoms with E-state index in [-0.39, 0.29) is 28.8 Å². The van der Waals surface area contributed by atoms with Crippen molar-refractivity contribution < 1.29 is 14.3 Å². The van der Waals surface area contributed by atoms with Crippen molar-refractivity contribution in [3.63, 3.8) is 0 Å². The van der Waals surface area contributed by atoms with Gasteiger partial charge in [0.25, 0.3) is 0 Å². The Hall–Kier alpha value is -1.84. The molecule has 2 unspecified atom stereocenters. The lowest BCUT2D eigenvalue weighted by atomic mass is 9.43. The fraction of sp³-hybridized carbons (Fsp3) is 0.440. The molecular formula is C25H24Cl2O3. The van der Waals surface area contributed by atoms with Gasteiger partial charge in [-0.3, -0.25) is 9.59 Å². The van der Waals surface area contributed by atoms with Gasteiger partial charge < -0.3 is 4.74 Å². The number of Topliss-reactive ketones (excluding diaryl/α,β-unsaturated/α-hetero) is 1. The van der Waals surface area contributed by atoms with Crippen molar-refractivity contribution >= 4 is 35.0 Å². The SMILES string of the molecule is O=C(COC(=O)C12CC3CC(C1)CC(c1ccccc1)(C3)C2)c1ccc(Cl)cc1Cl. The Labute approximate surface area is 186 Å². The summed E-state index contributed by atoms with van der Waals surface area (Å²) in [5, 5.41) is 0.745. The van der Waals surface area contributed by atoms with E-state index < -0.39 is 5.41 Å². The third kappa shape index (κ3) is 3.36. The van der Waals surface area contributed by atoms with Crippen molar-refractivity contribution in [1.82, 2.24) is 0 Å². The molecular weight excluding hydrogens is 419 g/mol. The third-order valence-corrected chi connectivity index (χ3v) is 7.99. The minimum Gasteiger partial charge on any atom is -0.457 e. The number of carbonyl (C=O) groups excluding carboxylic acids is 2. The predicted octanol–water partition coefficient (Wildman–Crippen LogP) is 6.26. The smallest absolute Gasteiger partial charge is 0.312 e. The van der Waals surface area contributed by atoms with Gasteiger partial charge in [0.15, 0.2) is 6.61 Å². The van der Waals surface area contributed by atoms with Crippen molar-refractivity contribution in [1.29, 1.82) is 0 Å². The van der Waals surface area contributed by atoms with Gasteiger partial charge in [-0.25, -0.2) is 0 Å². The van der Waals surface area contributed by atoms with Gasteiger partial charge in [-0.1, -0.05) is 53.5 Å². The molecule has 4 bridgehead atoms. The first-order chi connectivity index (χ1) is 14.4. The Bertz CT molecular complexity index is 987. The molecule has 0 heterocycles. The van der Waals surface area contributed by atoms with Crippen LogP contribution in [0.2, 0.25) is 10.0 Å². The Morgan fingerprint density at radius 3 is 2.33 bits per heavy atom. The van der Waals surface area contributed by atoms with E-state index in [1.54, 1.807) is 12.1 Å². The summed E-state index contributed by atoms with van der Waals surface area (Å²) in [6.07, 6.45) is 6.11. The average Bonchev–Trinajstić information content (AvgIpc) is 2.71. The molecule has 0 amide bonds. The molecule has 0 radical (unpaired) electrons. The van der Waals surface area contributed by atoms with Gasteiger partial charge in [-0.15, -0.1) is 0 Å². The zero-order valence-corrected chi connectivity index (χ0v) is 18.2. The molecule has 2 aromatic rings. The molecule has 2 atom stereocenters. The Morgan fingerprint density at radius 2 is 1.67 bits per heavy atom. The van der Waals surface area contributed by atoms with Crippen LogP contribution in [0.5, 0.6) is 0 Å². The van der Waals surface area contributed by atoms with Crippen molar-refractivity contribution in [3.8, 4) is 0 Å².